The first-order valence-corrected chi connectivity index (χ1v) is 5.52. The summed E-state index contributed by atoms with van der Waals surface area (Å²) in [6.45, 7) is 0. The molecule has 2 nitrogen and oxygen atoms in total. The summed E-state index contributed by atoms with van der Waals surface area (Å²) in [6.07, 6.45) is 8.01. The van der Waals surface area contributed by atoms with Crippen molar-refractivity contribution in [3.63, 3.8) is 0 Å². The first-order valence-electron chi connectivity index (χ1n) is 5.52. The second-order valence-corrected chi connectivity index (χ2v) is 3.63. The second kappa shape index (κ2) is 6.17. The molecule has 0 spiro atoms. The zero-order valence-corrected chi connectivity index (χ0v) is 9.71. The van der Waals surface area contributed by atoms with Crippen molar-refractivity contribution >= 4 is 12.4 Å². The third-order valence-electron chi connectivity index (χ3n) is 2.31. The number of nitrogens with zero attached hydrogens (tertiary/aromatic N) is 1. The van der Waals surface area contributed by atoms with E-state index in [-0.39, 0.29) is 0 Å². The van der Waals surface area contributed by atoms with Crippen molar-refractivity contribution in [1.29, 1.82) is 0 Å². The molecule has 0 bridgehead atoms. The van der Waals surface area contributed by atoms with Crippen LogP contribution >= 0.6 is 0 Å². The van der Waals surface area contributed by atoms with E-state index in [1.165, 1.54) is 0 Å². The predicted molar refractivity (Wildman–Crippen MR) is 72.0 cm³/mol. The molecular formula is C16H11NO. The van der Waals surface area contributed by atoms with E-state index in [9.17, 15) is 4.79 Å². The van der Waals surface area contributed by atoms with Gasteiger partial charge in [0.15, 0.2) is 0 Å². The molecule has 2 aromatic rings. The van der Waals surface area contributed by atoms with E-state index < -0.39 is 0 Å². The van der Waals surface area contributed by atoms with Crippen molar-refractivity contribution in [3.8, 4) is 11.8 Å². The molecule has 2 rings (SSSR count). The van der Waals surface area contributed by atoms with Crippen molar-refractivity contribution in [2.75, 3.05) is 0 Å². The molecule has 0 N–H and O–H groups in total. The molecule has 0 aliphatic heterocycles. The number of aldehydes is 1. The Morgan fingerprint density at radius 1 is 1.06 bits per heavy atom. The van der Waals surface area contributed by atoms with E-state index >= 15 is 0 Å². The molecule has 1 heterocycles. The zero-order valence-electron chi connectivity index (χ0n) is 9.71. The summed E-state index contributed by atoms with van der Waals surface area (Å²) in [5.41, 5.74) is 2.56. The number of pyridine rings is 1. The van der Waals surface area contributed by atoms with Crippen LogP contribution in [0.25, 0.3) is 6.08 Å². The lowest BCUT2D eigenvalue weighted by atomic mass is 10.1. The minimum Gasteiger partial charge on any atom is -0.298 e. The average molecular weight is 233 g/mol. The van der Waals surface area contributed by atoms with Crippen LogP contribution in [0.5, 0.6) is 0 Å². The van der Waals surface area contributed by atoms with Gasteiger partial charge >= 0.3 is 0 Å². The molecule has 0 saturated carbocycles. The van der Waals surface area contributed by atoms with Gasteiger partial charge in [0.1, 0.15) is 6.29 Å². The number of benzene rings is 1. The van der Waals surface area contributed by atoms with Crippen molar-refractivity contribution < 1.29 is 4.79 Å². The highest BCUT2D eigenvalue weighted by atomic mass is 16.1. The molecule has 0 saturated heterocycles. The van der Waals surface area contributed by atoms with E-state index in [0.29, 0.717) is 5.56 Å². The van der Waals surface area contributed by atoms with Crippen molar-refractivity contribution in [2.24, 2.45) is 0 Å². The van der Waals surface area contributed by atoms with Crippen LogP contribution in [-0.4, -0.2) is 11.3 Å². The van der Waals surface area contributed by atoms with E-state index in [4.69, 9.17) is 0 Å². The normalized spacial score (nSPS) is 9.78. The van der Waals surface area contributed by atoms with Crippen molar-refractivity contribution in [3.05, 3.63) is 71.6 Å². The van der Waals surface area contributed by atoms with Gasteiger partial charge in [0.05, 0.1) is 0 Å². The Hall–Kier alpha value is -2.66. The van der Waals surface area contributed by atoms with Gasteiger partial charge in [-0.15, -0.1) is 0 Å². The maximum absolute atomic E-state index is 10.5. The van der Waals surface area contributed by atoms with Crippen LogP contribution in [0.2, 0.25) is 0 Å². The third-order valence-corrected chi connectivity index (χ3v) is 2.31. The summed E-state index contributed by atoms with van der Waals surface area (Å²) in [6, 6.07) is 11.0. The molecule has 86 valence electrons. The van der Waals surface area contributed by atoms with E-state index in [1.807, 2.05) is 30.3 Å². The van der Waals surface area contributed by atoms with Gasteiger partial charge in [0, 0.05) is 23.5 Å². The molecule has 0 radical (unpaired) electrons. The van der Waals surface area contributed by atoms with Crippen molar-refractivity contribution in [1.82, 2.24) is 4.98 Å². The number of rotatable bonds is 2. The number of aromatic nitrogens is 1. The van der Waals surface area contributed by atoms with E-state index in [1.54, 1.807) is 30.6 Å². The number of hydrogen-bond acceptors (Lipinski definition) is 2. The molecule has 0 aliphatic rings. The van der Waals surface area contributed by atoms with Gasteiger partial charge in [-0.05, 0) is 35.9 Å². The number of carbonyl (C=O) groups is 1. The number of hydrogen-bond donors (Lipinski definition) is 0. The van der Waals surface area contributed by atoms with Crippen LogP contribution in [-0.2, 0) is 0 Å². The number of carbonyl (C=O) groups excluding carboxylic acids is 1. The van der Waals surface area contributed by atoms with Crippen LogP contribution in [0.3, 0.4) is 0 Å². The largest absolute Gasteiger partial charge is 0.298 e. The lowest BCUT2D eigenvalue weighted by molar-refractivity contribution is 0.112. The standard InChI is InChI=1S/C16H11NO/c18-13-16-9-7-14(8-10-16)4-1-2-5-15-6-3-11-17-12-15/h2-3,5-13H/b5-2+. The highest BCUT2D eigenvalue weighted by molar-refractivity contribution is 5.74. The van der Waals surface area contributed by atoms with Crippen molar-refractivity contribution in [2.45, 2.75) is 0 Å². The molecule has 0 atom stereocenters. The summed E-state index contributed by atoms with van der Waals surface area (Å²) < 4.78 is 0. The Morgan fingerprint density at radius 3 is 2.56 bits per heavy atom. The molecule has 1 aromatic heterocycles. The molecule has 2 heteroatoms. The highest BCUT2D eigenvalue weighted by Crippen LogP contribution is 2.01. The Labute approximate surface area is 106 Å². The fraction of sp³-hybridized carbons (Fsp3) is 0. The summed E-state index contributed by atoms with van der Waals surface area (Å²) in [5.74, 6) is 5.93. The zero-order chi connectivity index (χ0) is 12.6. The first kappa shape index (κ1) is 11.8. The second-order valence-electron chi connectivity index (χ2n) is 3.63. The Bertz CT molecular complexity index is 601. The fourth-order valence-corrected chi connectivity index (χ4v) is 1.38. The van der Waals surface area contributed by atoms with E-state index in [2.05, 4.69) is 16.8 Å². The molecule has 0 unspecified atom stereocenters. The summed E-state index contributed by atoms with van der Waals surface area (Å²) in [4.78, 5) is 14.5. The smallest absolute Gasteiger partial charge is 0.150 e. The Kier molecular flexibility index (Phi) is 4.05. The van der Waals surface area contributed by atoms with Crippen LogP contribution in [0, 0.1) is 11.8 Å². The summed E-state index contributed by atoms with van der Waals surface area (Å²) in [7, 11) is 0. The Balaban J connectivity index is 2.04. The average Bonchev–Trinajstić information content (AvgIpc) is 2.45. The van der Waals surface area contributed by atoms with Crippen LogP contribution in [0.15, 0.2) is 54.9 Å². The van der Waals surface area contributed by atoms with Gasteiger partial charge in [0.25, 0.3) is 0 Å². The first-order chi connectivity index (χ1) is 8.88. The maximum Gasteiger partial charge on any atom is 0.150 e. The third kappa shape index (κ3) is 3.43. The predicted octanol–water partition coefficient (Wildman–Crippen LogP) is 2.96. The van der Waals surface area contributed by atoms with Gasteiger partial charge in [-0.1, -0.05) is 30.0 Å². The van der Waals surface area contributed by atoms with Crippen LogP contribution in [0.1, 0.15) is 21.5 Å². The Morgan fingerprint density at radius 2 is 1.89 bits per heavy atom. The maximum atomic E-state index is 10.5. The van der Waals surface area contributed by atoms with Crippen LogP contribution in [0.4, 0.5) is 0 Å². The lowest BCUT2D eigenvalue weighted by Crippen LogP contribution is -1.79. The molecule has 1 aromatic carbocycles. The van der Waals surface area contributed by atoms with E-state index in [0.717, 1.165) is 17.4 Å². The lowest BCUT2D eigenvalue weighted by Gasteiger charge is -1.90. The molecule has 0 aliphatic carbocycles. The summed E-state index contributed by atoms with van der Waals surface area (Å²) in [5, 5.41) is 0. The van der Waals surface area contributed by atoms with Gasteiger partial charge in [-0.25, -0.2) is 0 Å². The SMILES string of the molecule is O=Cc1ccc(C#C/C=C/c2cccnc2)cc1. The topological polar surface area (TPSA) is 30.0 Å². The molecule has 0 fully saturated rings. The quantitative estimate of drug-likeness (QED) is 0.589. The van der Waals surface area contributed by atoms with Gasteiger partial charge < -0.3 is 0 Å². The van der Waals surface area contributed by atoms with Gasteiger partial charge in [0.2, 0.25) is 0 Å². The molecule has 18 heavy (non-hydrogen) atoms. The molecular weight excluding hydrogens is 222 g/mol. The van der Waals surface area contributed by atoms with Crippen LogP contribution < -0.4 is 0 Å². The summed E-state index contributed by atoms with van der Waals surface area (Å²) >= 11 is 0. The fourth-order valence-electron chi connectivity index (χ4n) is 1.38. The molecule has 0 amide bonds. The highest BCUT2D eigenvalue weighted by Gasteiger charge is 1.88. The minimum absolute atomic E-state index is 0.659. The van der Waals surface area contributed by atoms with Gasteiger partial charge in [-0.3, -0.25) is 9.78 Å². The number of allylic oxidation sites excluding steroid dienone is 1. The van der Waals surface area contributed by atoms with Gasteiger partial charge in [-0.2, -0.15) is 0 Å². The minimum atomic E-state index is 0.659. The monoisotopic (exact) mass is 233 g/mol.